The van der Waals surface area contributed by atoms with Crippen LogP contribution in [0.2, 0.25) is 0 Å². The number of hydrogen-bond acceptors (Lipinski definition) is 9. The zero-order valence-corrected chi connectivity index (χ0v) is 14.6. The van der Waals surface area contributed by atoms with Gasteiger partial charge in [0.25, 0.3) is 0 Å². The molecule has 2 rings (SSSR count). The number of benzene rings is 1. The number of phenolic OH excluding ortho intramolecular Hbond substituents is 1. The molecule has 0 amide bonds. The number of carboxylic acids is 2. The molecule has 11 heteroatoms. The second kappa shape index (κ2) is 9.17. The van der Waals surface area contributed by atoms with Gasteiger partial charge in [0.1, 0.15) is 18.3 Å². The third kappa shape index (κ3) is 5.30. The first-order valence-electron chi connectivity index (χ1n) is 8.41. The minimum Gasteiger partial charge on any atom is -0.504 e. The van der Waals surface area contributed by atoms with E-state index in [9.17, 15) is 35.1 Å². The molecular weight excluding hydrogens is 380 g/mol. The van der Waals surface area contributed by atoms with Crippen LogP contribution in [0, 0.1) is 0 Å². The Kier molecular flexibility index (Phi) is 7.16. The van der Waals surface area contributed by atoms with Gasteiger partial charge in [-0.15, -0.1) is 0 Å². The number of aliphatic hydroxyl groups excluding tert-OH is 4. The van der Waals surface area contributed by atoms with E-state index in [2.05, 4.69) is 0 Å². The Bertz CT molecular complexity index is 706. The van der Waals surface area contributed by atoms with Gasteiger partial charge in [-0.25, -0.2) is 4.79 Å². The third-order valence-corrected chi connectivity index (χ3v) is 4.24. The Morgan fingerprint density at radius 1 is 1.11 bits per heavy atom. The summed E-state index contributed by atoms with van der Waals surface area (Å²) < 4.78 is 10.2. The molecule has 0 spiro atoms. The van der Waals surface area contributed by atoms with Gasteiger partial charge in [-0.1, -0.05) is 6.07 Å². The van der Waals surface area contributed by atoms with E-state index in [1.165, 1.54) is 18.2 Å². The van der Waals surface area contributed by atoms with E-state index in [0.717, 1.165) is 0 Å². The van der Waals surface area contributed by atoms with Crippen molar-refractivity contribution in [2.75, 3.05) is 0 Å². The first kappa shape index (κ1) is 21.9. The lowest BCUT2D eigenvalue weighted by Gasteiger charge is -2.38. The van der Waals surface area contributed by atoms with Gasteiger partial charge in [0.2, 0.25) is 6.29 Å². The molecule has 1 aromatic rings. The molecule has 1 aromatic carbocycles. The van der Waals surface area contributed by atoms with Crippen molar-refractivity contribution in [2.45, 2.75) is 56.1 Å². The summed E-state index contributed by atoms with van der Waals surface area (Å²) in [4.78, 5) is 21.6. The molecule has 0 bridgehead atoms. The van der Waals surface area contributed by atoms with E-state index in [-0.39, 0.29) is 25.0 Å². The highest BCUT2D eigenvalue weighted by atomic mass is 16.7. The maximum atomic E-state index is 11.1. The summed E-state index contributed by atoms with van der Waals surface area (Å²) in [6.45, 7) is 0. The summed E-state index contributed by atoms with van der Waals surface area (Å²) in [5.41, 5.74) is 0.478. The van der Waals surface area contributed by atoms with Crippen molar-refractivity contribution in [3.05, 3.63) is 23.8 Å². The molecule has 6 unspecified atom stereocenters. The van der Waals surface area contributed by atoms with Crippen LogP contribution in [-0.2, 0) is 20.7 Å². The largest absolute Gasteiger partial charge is 0.504 e. The summed E-state index contributed by atoms with van der Waals surface area (Å²) in [6.07, 6.45) is -10.0. The number of ether oxygens (including phenoxy) is 2. The SMILES string of the molecule is O=C(O)CCC(O)Cc1ccc(OC2OC(C(=O)O)C(O)C(O)C2O)c(O)c1. The van der Waals surface area contributed by atoms with Gasteiger partial charge in [-0.2, -0.15) is 0 Å². The number of rotatable bonds is 8. The monoisotopic (exact) mass is 402 g/mol. The van der Waals surface area contributed by atoms with Crippen molar-refractivity contribution in [1.82, 2.24) is 0 Å². The quantitative estimate of drug-likeness (QED) is 0.265. The second-order valence-electron chi connectivity index (χ2n) is 6.45. The van der Waals surface area contributed by atoms with Crippen LogP contribution in [0.4, 0.5) is 0 Å². The van der Waals surface area contributed by atoms with Crippen molar-refractivity contribution < 1.29 is 54.8 Å². The molecule has 1 fully saturated rings. The highest BCUT2D eigenvalue weighted by molar-refractivity contribution is 5.73. The average Bonchev–Trinajstić information content (AvgIpc) is 2.62. The standard InChI is InChI=1S/C17H22O11/c18-8(2-4-11(20)21)5-7-1-3-10(9(19)6-7)27-17-14(24)12(22)13(23)15(28-17)16(25)26/h1,3,6,8,12-15,17-19,22-24H,2,4-5H2,(H,20,21)(H,25,26). The van der Waals surface area contributed by atoms with E-state index in [1.54, 1.807) is 0 Å². The van der Waals surface area contributed by atoms with Gasteiger partial charge < -0.3 is 45.2 Å². The van der Waals surface area contributed by atoms with Gasteiger partial charge >= 0.3 is 11.9 Å². The lowest BCUT2D eigenvalue weighted by molar-refractivity contribution is -0.271. The molecule has 28 heavy (non-hydrogen) atoms. The summed E-state index contributed by atoms with van der Waals surface area (Å²) in [7, 11) is 0. The minimum atomic E-state index is -1.87. The molecule has 11 nitrogen and oxygen atoms in total. The molecule has 1 aliphatic heterocycles. The molecule has 6 atom stereocenters. The number of aromatic hydroxyl groups is 1. The Hall–Kier alpha value is -2.44. The number of phenols is 1. The van der Waals surface area contributed by atoms with Gasteiger partial charge in [-0.3, -0.25) is 4.79 Å². The summed E-state index contributed by atoms with van der Waals surface area (Å²) in [5, 5.41) is 66.8. The maximum absolute atomic E-state index is 11.1. The first-order valence-corrected chi connectivity index (χ1v) is 8.41. The van der Waals surface area contributed by atoms with E-state index >= 15 is 0 Å². The molecular formula is C17H22O11. The fourth-order valence-electron chi connectivity index (χ4n) is 2.73. The fourth-order valence-corrected chi connectivity index (χ4v) is 2.73. The minimum absolute atomic E-state index is 0.0350. The van der Waals surface area contributed by atoms with Crippen LogP contribution in [-0.4, -0.2) is 84.5 Å². The van der Waals surface area contributed by atoms with E-state index < -0.39 is 54.5 Å². The zero-order valence-electron chi connectivity index (χ0n) is 14.6. The molecule has 0 saturated carbocycles. The Morgan fingerprint density at radius 3 is 2.36 bits per heavy atom. The van der Waals surface area contributed by atoms with Gasteiger partial charge in [0.15, 0.2) is 17.6 Å². The Balaban J connectivity index is 2.05. The van der Waals surface area contributed by atoms with Crippen LogP contribution in [0.1, 0.15) is 18.4 Å². The van der Waals surface area contributed by atoms with Crippen molar-refractivity contribution in [3.8, 4) is 11.5 Å². The Morgan fingerprint density at radius 2 is 1.79 bits per heavy atom. The summed E-state index contributed by atoms with van der Waals surface area (Å²) in [6, 6.07) is 3.99. The highest BCUT2D eigenvalue weighted by Gasteiger charge is 2.48. The van der Waals surface area contributed by atoms with Crippen molar-refractivity contribution >= 4 is 11.9 Å². The van der Waals surface area contributed by atoms with E-state index in [0.29, 0.717) is 5.56 Å². The van der Waals surface area contributed by atoms with E-state index in [1.807, 2.05) is 0 Å². The molecule has 1 heterocycles. The normalized spacial score (nSPS) is 28.5. The van der Waals surface area contributed by atoms with Gasteiger partial charge in [0, 0.05) is 6.42 Å². The fraction of sp³-hybridized carbons (Fsp3) is 0.529. The summed E-state index contributed by atoms with van der Waals surface area (Å²) >= 11 is 0. The first-order chi connectivity index (χ1) is 13.1. The number of hydrogen-bond donors (Lipinski definition) is 7. The van der Waals surface area contributed by atoms with Crippen molar-refractivity contribution in [2.24, 2.45) is 0 Å². The van der Waals surface area contributed by atoms with Gasteiger partial charge in [-0.05, 0) is 30.5 Å². The van der Waals surface area contributed by atoms with Crippen molar-refractivity contribution in [1.29, 1.82) is 0 Å². The predicted octanol–water partition coefficient (Wildman–Crippen LogP) is -1.57. The lowest BCUT2D eigenvalue weighted by atomic mass is 9.99. The topological polar surface area (TPSA) is 194 Å². The number of carboxylic acid groups (broad SMARTS) is 2. The van der Waals surface area contributed by atoms with Gasteiger partial charge in [0.05, 0.1) is 6.10 Å². The molecule has 156 valence electrons. The van der Waals surface area contributed by atoms with Crippen LogP contribution in [0.25, 0.3) is 0 Å². The molecule has 0 aliphatic carbocycles. The van der Waals surface area contributed by atoms with Crippen LogP contribution >= 0.6 is 0 Å². The highest BCUT2D eigenvalue weighted by Crippen LogP contribution is 2.31. The average molecular weight is 402 g/mol. The second-order valence-corrected chi connectivity index (χ2v) is 6.45. The maximum Gasteiger partial charge on any atom is 0.335 e. The van der Waals surface area contributed by atoms with Crippen LogP contribution in [0.15, 0.2) is 18.2 Å². The van der Waals surface area contributed by atoms with E-state index in [4.69, 9.17) is 19.7 Å². The smallest absolute Gasteiger partial charge is 0.335 e. The van der Waals surface area contributed by atoms with Crippen LogP contribution < -0.4 is 4.74 Å². The molecule has 1 aliphatic rings. The number of carbonyl (C=O) groups is 2. The molecule has 1 saturated heterocycles. The Labute approximate surface area is 159 Å². The molecule has 7 N–H and O–H groups in total. The van der Waals surface area contributed by atoms with Crippen LogP contribution in [0.5, 0.6) is 11.5 Å². The number of aliphatic hydroxyl groups is 4. The third-order valence-electron chi connectivity index (χ3n) is 4.24. The predicted molar refractivity (Wildman–Crippen MR) is 89.6 cm³/mol. The summed E-state index contributed by atoms with van der Waals surface area (Å²) in [5.74, 6) is -3.21. The number of aliphatic carboxylic acids is 2. The lowest BCUT2D eigenvalue weighted by Crippen LogP contribution is -2.61. The molecule has 0 radical (unpaired) electrons. The zero-order chi connectivity index (χ0) is 21.0. The molecule has 0 aromatic heterocycles. The van der Waals surface area contributed by atoms with Crippen molar-refractivity contribution in [3.63, 3.8) is 0 Å². The van der Waals surface area contributed by atoms with Crippen LogP contribution in [0.3, 0.4) is 0 Å².